The van der Waals surface area contributed by atoms with E-state index in [1.807, 2.05) is 12.3 Å². The summed E-state index contributed by atoms with van der Waals surface area (Å²) in [4.78, 5) is 32.3. The number of aromatic amines is 1. The number of carbonyl (C=O) groups is 2. The number of nitrogens with zero attached hydrogens (tertiary/aromatic N) is 4. The number of hydrogen-bond acceptors (Lipinski definition) is 4. The third-order valence-electron chi connectivity index (χ3n) is 6.03. The van der Waals surface area contributed by atoms with Crippen LogP contribution < -0.4 is 5.32 Å². The van der Waals surface area contributed by atoms with E-state index in [1.165, 1.54) is 0 Å². The van der Waals surface area contributed by atoms with E-state index < -0.39 is 6.43 Å². The number of nitrogens with one attached hydrogen (secondary N) is 2. The van der Waals surface area contributed by atoms with Gasteiger partial charge in [0, 0.05) is 45.1 Å². The van der Waals surface area contributed by atoms with Crippen LogP contribution in [-0.2, 0) is 13.1 Å². The normalized spacial score (nSPS) is 16.6. The van der Waals surface area contributed by atoms with Crippen molar-refractivity contribution in [3.8, 4) is 0 Å². The molecule has 0 saturated carbocycles. The molecular formula is C21H26F2N6O2. The molecule has 8 nitrogen and oxygen atoms in total. The van der Waals surface area contributed by atoms with E-state index in [0.29, 0.717) is 38.6 Å². The van der Waals surface area contributed by atoms with Gasteiger partial charge < -0.3 is 15.1 Å². The summed E-state index contributed by atoms with van der Waals surface area (Å²) < 4.78 is 25.3. The quantitative estimate of drug-likeness (QED) is 0.686. The zero-order chi connectivity index (χ0) is 21.8. The summed E-state index contributed by atoms with van der Waals surface area (Å²) in [5, 5.41) is 8.91. The molecule has 1 saturated heterocycles. The number of alkyl halides is 2. The van der Waals surface area contributed by atoms with Gasteiger partial charge >= 0.3 is 6.03 Å². The first-order valence-electron chi connectivity index (χ1n) is 10.6. The average Bonchev–Trinajstić information content (AvgIpc) is 3.44. The second-order valence-electron chi connectivity index (χ2n) is 8.12. The summed E-state index contributed by atoms with van der Waals surface area (Å²) in [5.74, 6) is 0.176. The van der Waals surface area contributed by atoms with Gasteiger partial charge in [0.05, 0.1) is 0 Å². The number of H-pyrrole nitrogens is 1. The fourth-order valence-corrected chi connectivity index (χ4v) is 4.21. The number of pyridine rings is 1. The van der Waals surface area contributed by atoms with Gasteiger partial charge in [-0.05, 0) is 54.9 Å². The lowest BCUT2D eigenvalue weighted by molar-refractivity contribution is 0.0680. The maximum absolute atomic E-state index is 12.7. The molecule has 0 spiro atoms. The number of aromatic nitrogens is 3. The Morgan fingerprint density at radius 2 is 1.97 bits per heavy atom. The lowest BCUT2D eigenvalue weighted by Gasteiger charge is -2.31. The van der Waals surface area contributed by atoms with Gasteiger partial charge in [-0.15, -0.1) is 0 Å². The fourth-order valence-electron chi connectivity index (χ4n) is 4.21. The molecule has 0 bridgehead atoms. The van der Waals surface area contributed by atoms with Crippen molar-refractivity contribution in [2.24, 2.45) is 5.92 Å². The monoisotopic (exact) mass is 432 g/mol. The number of rotatable bonds is 6. The minimum Gasteiger partial charge on any atom is -0.338 e. The van der Waals surface area contributed by atoms with E-state index in [2.05, 4.69) is 20.5 Å². The van der Waals surface area contributed by atoms with Gasteiger partial charge in [0.2, 0.25) is 0 Å². The van der Waals surface area contributed by atoms with Crippen LogP contribution in [0.2, 0.25) is 0 Å². The van der Waals surface area contributed by atoms with E-state index in [9.17, 15) is 18.4 Å². The first-order chi connectivity index (χ1) is 15.0. The summed E-state index contributed by atoms with van der Waals surface area (Å²) in [7, 11) is 0. The summed E-state index contributed by atoms with van der Waals surface area (Å²) in [6, 6.07) is 3.01. The topological polar surface area (TPSA) is 94.2 Å². The molecule has 2 aliphatic heterocycles. The van der Waals surface area contributed by atoms with E-state index >= 15 is 0 Å². The molecule has 1 fully saturated rings. The second kappa shape index (κ2) is 9.40. The number of amides is 3. The van der Waals surface area contributed by atoms with Gasteiger partial charge in [-0.2, -0.15) is 5.10 Å². The molecule has 2 aliphatic rings. The van der Waals surface area contributed by atoms with E-state index in [4.69, 9.17) is 0 Å². The standard InChI is InChI=1S/C21H26F2N6O2/c22-19(23)17-10-18(27-26-17)20(30)28-8-4-14(5-9-28)2-1-6-25-21(31)29-12-15-3-7-24-11-16(15)13-29/h3,7,10-11,14,19H,1-2,4-6,8-9,12-13H2,(H,25,31)(H,26,27). The van der Waals surface area contributed by atoms with Crippen LogP contribution in [0.3, 0.4) is 0 Å². The van der Waals surface area contributed by atoms with Crippen molar-refractivity contribution in [2.45, 2.75) is 45.2 Å². The lowest BCUT2D eigenvalue weighted by atomic mass is 9.92. The molecular weight excluding hydrogens is 406 g/mol. The summed E-state index contributed by atoms with van der Waals surface area (Å²) in [5.41, 5.74) is 1.94. The largest absolute Gasteiger partial charge is 0.338 e. The predicted octanol–water partition coefficient (Wildman–Crippen LogP) is 3.10. The molecule has 2 N–H and O–H groups in total. The smallest absolute Gasteiger partial charge is 0.318 e. The van der Waals surface area contributed by atoms with E-state index in [1.54, 1.807) is 16.0 Å². The lowest BCUT2D eigenvalue weighted by Crippen LogP contribution is -2.39. The van der Waals surface area contributed by atoms with Crippen molar-refractivity contribution in [3.05, 3.63) is 47.0 Å². The minimum absolute atomic E-state index is 0.0382. The molecule has 4 rings (SSSR count). The van der Waals surface area contributed by atoms with Gasteiger partial charge in [0.15, 0.2) is 5.69 Å². The molecule has 2 aromatic rings. The number of halogens is 2. The van der Waals surface area contributed by atoms with Crippen molar-refractivity contribution in [2.75, 3.05) is 19.6 Å². The van der Waals surface area contributed by atoms with Crippen molar-refractivity contribution in [1.29, 1.82) is 0 Å². The maximum Gasteiger partial charge on any atom is 0.318 e. The SMILES string of the molecule is O=C(NCCCC1CCN(C(=O)c2cc(C(F)F)[nH]n2)CC1)N1Cc2ccncc2C1. The predicted molar refractivity (Wildman–Crippen MR) is 108 cm³/mol. The zero-order valence-corrected chi connectivity index (χ0v) is 17.2. The molecule has 31 heavy (non-hydrogen) atoms. The number of urea groups is 1. The Balaban J connectivity index is 1.13. The number of fused-ring (bicyclic) bond motifs is 1. The maximum atomic E-state index is 12.7. The molecule has 0 aliphatic carbocycles. The number of hydrogen-bond donors (Lipinski definition) is 2. The molecule has 166 valence electrons. The van der Waals surface area contributed by atoms with Crippen LogP contribution in [0.25, 0.3) is 0 Å². The Kier molecular flexibility index (Phi) is 6.43. The highest BCUT2D eigenvalue weighted by Crippen LogP contribution is 2.24. The van der Waals surface area contributed by atoms with Crippen LogP contribution in [0.4, 0.5) is 13.6 Å². The Morgan fingerprint density at radius 1 is 1.19 bits per heavy atom. The minimum atomic E-state index is -2.67. The summed E-state index contributed by atoms with van der Waals surface area (Å²) >= 11 is 0. The number of likely N-dealkylation sites (tertiary alicyclic amines) is 1. The molecule has 0 atom stereocenters. The van der Waals surface area contributed by atoms with Crippen LogP contribution in [0.5, 0.6) is 0 Å². The molecule has 0 radical (unpaired) electrons. The van der Waals surface area contributed by atoms with Gasteiger partial charge in [0.1, 0.15) is 5.69 Å². The van der Waals surface area contributed by atoms with Gasteiger partial charge in [-0.25, -0.2) is 13.6 Å². The van der Waals surface area contributed by atoms with Crippen LogP contribution >= 0.6 is 0 Å². The molecule has 10 heteroatoms. The van der Waals surface area contributed by atoms with Crippen molar-refractivity contribution >= 4 is 11.9 Å². The Morgan fingerprint density at radius 3 is 2.68 bits per heavy atom. The molecule has 0 aromatic carbocycles. The third-order valence-corrected chi connectivity index (χ3v) is 6.03. The first-order valence-corrected chi connectivity index (χ1v) is 10.6. The second-order valence-corrected chi connectivity index (χ2v) is 8.12. The van der Waals surface area contributed by atoms with E-state index in [-0.39, 0.29) is 23.3 Å². The summed E-state index contributed by atoms with van der Waals surface area (Å²) in [6.07, 6.45) is 4.46. The zero-order valence-electron chi connectivity index (χ0n) is 17.2. The molecule has 2 aromatic heterocycles. The van der Waals surface area contributed by atoms with Crippen LogP contribution in [0.1, 0.15) is 59.4 Å². The third kappa shape index (κ3) is 5.00. The molecule has 4 heterocycles. The number of piperidine rings is 1. The number of carbonyl (C=O) groups excluding carboxylic acids is 2. The molecule has 3 amide bonds. The first kappa shape index (κ1) is 21.2. The van der Waals surface area contributed by atoms with Crippen LogP contribution in [-0.4, -0.2) is 56.6 Å². The fraction of sp³-hybridized carbons (Fsp3) is 0.524. The van der Waals surface area contributed by atoms with Gasteiger partial charge in [-0.3, -0.25) is 14.9 Å². The Bertz CT molecular complexity index is 901. The highest BCUT2D eigenvalue weighted by molar-refractivity contribution is 5.92. The summed E-state index contributed by atoms with van der Waals surface area (Å²) in [6.45, 7) is 3.01. The Labute approximate surface area is 179 Å². The van der Waals surface area contributed by atoms with Gasteiger partial charge in [-0.1, -0.05) is 0 Å². The highest BCUT2D eigenvalue weighted by atomic mass is 19.3. The van der Waals surface area contributed by atoms with E-state index in [0.717, 1.165) is 42.9 Å². The molecule has 0 unspecified atom stereocenters. The van der Waals surface area contributed by atoms with Crippen molar-refractivity contribution in [3.63, 3.8) is 0 Å². The van der Waals surface area contributed by atoms with Crippen molar-refractivity contribution in [1.82, 2.24) is 30.3 Å². The van der Waals surface area contributed by atoms with Crippen LogP contribution in [0, 0.1) is 5.92 Å². The average molecular weight is 432 g/mol. The van der Waals surface area contributed by atoms with Crippen LogP contribution in [0.15, 0.2) is 24.5 Å². The highest BCUT2D eigenvalue weighted by Gasteiger charge is 2.26. The van der Waals surface area contributed by atoms with Crippen molar-refractivity contribution < 1.29 is 18.4 Å². The Hall–Kier alpha value is -3.04. The van der Waals surface area contributed by atoms with Gasteiger partial charge in [0.25, 0.3) is 12.3 Å².